The summed E-state index contributed by atoms with van der Waals surface area (Å²) in [6.07, 6.45) is 9.55. The van der Waals surface area contributed by atoms with Gasteiger partial charge in [0.1, 0.15) is 0 Å². The molecule has 2 aliphatic rings. The first-order chi connectivity index (χ1) is 11.4. The Morgan fingerprint density at radius 3 is 2.46 bits per heavy atom. The summed E-state index contributed by atoms with van der Waals surface area (Å²) < 4.78 is 27.0. The Morgan fingerprint density at radius 1 is 1.21 bits per heavy atom. The number of nitrogens with zero attached hydrogens (tertiary/aromatic N) is 3. The molecule has 2 aliphatic carbocycles. The van der Waals surface area contributed by atoms with E-state index in [9.17, 15) is 8.42 Å². The summed E-state index contributed by atoms with van der Waals surface area (Å²) in [5.41, 5.74) is 1.69. The lowest BCUT2D eigenvalue weighted by Crippen LogP contribution is -2.35. The van der Waals surface area contributed by atoms with E-state index in [1.165, 1.54) is 32.1 Å². The molecule has 0 aliphatic heterocycles. The van der Waals surface area contributed by atoms with Gasteiger partial charge in [-0.2, -0.15) is 0 Å². The van der Waals surface area contributed by atoms with Crippen molar-refractivity contribution in [3.8, 4) is 0 Å². The minimum atomic E-state index is -3.21. The summed E-state index contributed by atoms with van der Waals surface area (Å²) in [4.78, 5) is 11.3. The number of sulfonamides is 1. The lowest BCUT2D eigenvalue weighted by molar-refractivity contribution is 0.424. The van der Waals surface area contributed by atoms with E-state index in [0.717, 1.165) is 30.0 Å². The predicted molar refractivity (Wildman–Crippen MR) is 95.5 cm³/mol. The Morgan fingerprint density at radius 2 is 1.88 bits per heavy atom. The van der Waals surface area contributed by atoms with Crippen LogP contribution in [0.15, 0.2) is 6.20 Å². The number of rotatable bonds is 6. The zero-order valence-corrected chi connectivity index (χ0v) is 15.6. The van der Waals surface area contributed by atoms with E-state index in [0.29, 0.717) is 6.04 Å². The Bertz CT molecular complexity index is 682. The molecule has 0 amide bonds. The van der Waals surface area contributed by atoms with Crippen molar-refractivity contribution < 1.29 is 8.42 Å². The summed E-state index contributed by atoms with van der Waals surface area (Å²) in [5, 5.41) is -0.210. The van der Waals surface area contributed by atoms with Crippen LogP contribution in [-0.2, 0) is 10.0 Å². The van der Waals surface area contributed by atoms with Crippen LogP contribution in [0.5, 0.6) is 0 Å². The van der Waals surface area contributed by atoms with Gasteiger partial charge in [-0.1, -0.05) is 19.3 Å². The van der Waals surface area contributed by atoms with Crippen molar-refractivity contribution in [3.05, 3.63) is 17.5 Å². The van der Waals surface area contributed by atoms with Crippen LogP contribution >= 0.6 is 0 Å². The molecule has 0 aromatic carbocycles. The van der Waals surface area contributed by atoms with Gasteiger partial charge in [0.15, 0.2) is 0 Å². The number of hydrogen-bond acceptors (Lipinski definition) is 5. The molecule has 1 atom stereocenters. The zero-order chi connectivity index (χ0) is 17.3. The maximum absolute atomic E-state index is 12.1. The lowest BCUT2D eigenvalue weighted by atomic mass is 9.95. The number of aromatic nitrogens is 2. The van der Waals surface area contributed by atoms with E-state index in [1.54, 1.807) is 6.20 Å². The summed E-state index contributed by atoms with van der Waals surface area (Å²) in [6, 6.07) is 0.208. The highest BCUT2D eigenvalue weighted by atomic mass is 32.2. The SMILES string of the molecule is Cc1nc(N(C)C2CCCCC2)ncc1C(C)NS(=O)(=O)C1CC1. The third kappa shape index (κ3) is 3.88. The van der Waals surface area contributed by atoms with Gasteiger partial charge in [-0.3, -0.25) is 0 Å². The van der Waals surface area contributed by atoms with Crippen molar-refractivity contribution in [2.24, 2.45) is 0 Å². The number of aryl methyl sites for hydroxylation is 1. The topological polar surface area (TPSA) is 75.2 Å². The molecule has 1 aromatic rings. The second kappa shape index (κ2) is 6.96. The largest absolute Gasteiger partial charge is 0.341 e. The molecule has 1 N–H and O–H groups in total. The van der Waals surface area contributed by atoms with Crippen LogP contribution < -0.4 is 9.62 Å². The van der Waals surface area contributed by atoms with Crippen molar-refractivity contribution in [3.63, 3.8) is 0 Å². The van der Waals surface area contributed by atoms with E-state index >= 15 is 0 Å². The van der Waals surface area contributed by atoms with Crippen LogP contribution in [0.2, 0.25) is 0 Å². The first-order valence-corrected chi connectivity index (χ1v) is 10.5. The van der Waals surface area contributed by atoms with Gasteiger partial charge in [-0.05, 0) is 39.5 Å². The Kier molecular flexibility index (Phi) is 5.11. The molecular weight excluding hydrogens is 324 g/mol. The van der Waals surface area contributed by atoms with Gasteiger partial charge >= 0.3 is 0 Å². The van der Waals surface area contributed by atoms with Crippen LogP contribution in [0.1, 0.15) is 69.2 Å². The summed E-state index contributed by atoms with van der Waals surface area (Å²) in [6.45, 7) is 3.79. The second-order valence-corrected chi connectivity index (χ2v) is 9.19. The highest BCUT2D eigenvalue weighted by molar-refractivity contribution is 7.90. The van der Waals surface area contributed by atoms with Gasteiger partial charge in [0.05, 0.1) is 5.25 Å². The lowest BCUT2D eigenvalue weighted by Gasteiger charge is -2.31. The molecular formula is C17H28N4O2S. The minimum Gasteiger partial charge on any atom is -0.341 e. The third-order valence-corrected chi connectivity index (χ3v) is 7.24. The standard InChI is InChI=1S/C17H28N4O2S/c1-12-16(13(2)20-24(22,23)15-9-10-15)11-18-17(19-12)21(3)14-7-5-4-6-8-14/h11,13-15,20H,4-10H2,1-3H3. The van der Waals surface area contributed by atoms with Crippen molar-refractivity contribution in [2.45, 2.75) is 76.1 Å². The molecule has 0 radical (unpaired) electrons. The van der Waals surface area contributed by atoms with Gasteiger partial charge in [-0.15, -0.1) is 0 Å². The molecule has 134 valence electrons. The Balaban J connectivity index is 1.71. The normalized spacial score (nSPS) is 20.8. The van der Waals surface area contributed by atoms with Gasteiger partial charge < -0.3 is 4.90 Å². The second-order valence-electron chi connectivity index (χ2n) is 7.20. The first kappa shape index (κ1) is 17.6. The summed E-state index contributed by atoms with van der Waals surface area (Å²) in [7, 11) is -1.15. The highest BCUT2D eigenvalue weighted by Crippen LogP contribution is 2.30. The fourth-order valence-electron chi connectivity index (χ4n) is 3.48. The van der Waals surface area contributed by atoms with Gasteiger partial charge in [0, 0.05) is 36.6 Å². The van der Waals surface area contributed by atoms with Crippen LogP contribution in [0.4, 0.5) is 5.95 Å². The Hall–Kier alpha value is -1.21. The molecule has 2 fully saturated rings. The first-order valence-electron chi connectivity index (χ1n) is 8.96. The third-order valence-electron chi connectivity index (χ3n) is 5.21. The average molecular weight is 353 g/mol. The van der Waals surface area contributed by atoms with Crippen molar-refractivity contribution in [1.29, 1.82) is 0 Å². The van der Waals surface area contributed by atoms with Crippen LogP contribution in [0.25, 0.3) is 0 Å². The molecule has 6 nitrogen and oxygen atoms in total. The van der Waals surface area contributed by atoms with Crippen molar-refractivity contribution in [1.82, 2.24) is 14.7 Å². The maximum atomic E-state index is 12.1. The van der Waals surface area contributed by atoms with Crippen molar-refractivity contribution in [2.75, 3.05) is 11.9 Å². The van der Waals surface area contributed by atoms with E-state index in [2.05, 4.69) is 26.6 Å². The van der Waals surface area contributed by atoms with Crippen LogP contribution in [0.3, 0.4) is 0 Å². The zero-order valence-electron chi connectivity index (χ0n) is 14.8. The molecule has 1 unspecified atom stereocenters. The number of hydrogen-bond donors (Lipinski definition) is 1. The van der Waals surface area contributed by atoms with Gasteiger partial charge in [-0.25, -0.2) is 23.1 Å². The van der Waals surface area contributed by atoms with Crippen LogP contribution in [-0.4, -0.2) is 36.7 Å². The predicted octanol–water partition coefficient (Wildman–Crippen LogP) is 2.70. The smallest absolute Gasteiger partial charge is 0.225 e. The fraction of sp³-hybridized carbons (Fsp3) is 0.765. The van der Waals surface area contributed by atoms with E-state index in [1.807, 2.05) is 13.8 Å². The molecule has 1 aromatic heterocycles. The molecule has 7 heteroatoms. The van der Waals surface area contributed by atoms with Gasteiger partial charge in [0.2, 0.25) is 16.0 Å². The Labute approximate surface area is 145 Å². The molecule has 0 bridgehead atoms. The summed E-state index contributed by atoms with van der Waals surface area (Å²) in [5.74, 6) is 0.736. The minimum absolute atomic E-state index is 0.210. The molecule has 0 spiro atoms. The fourth-order valence-corrected chi connectivity index (χ4v) is 5.04. The van der Waals surface area contributed by atoms with E-state index in [-0.39, 0.29) is 11.3 Å². The monoisotopic (exact) mass is 352 g/mol. The molecule has 0 saturated heterocycles. The molecule has 3 rings (SSSR count). The summed E-state index contributed by atoms with van der Waals surface area (Å²) >= 11 is 0. The molecule has 1 heterocycles. The van der Waals surface area contributed by atoms with Gasteiger partial charge in [0.25, 0.3) is 0 Å². The van der Waals surface area contributed by atoms with E-state index < -0.39 is 10.0 Å². The van der Waals surface area contributed by atoms with Crippen LogP contribution in [0, 0.1) is 6.92 Å². The number of anilines is 1. The highest BCUT2D eigenvalue weighted by Gasteiger charge is 2.36. The maximum Gasteiger partial charge on any atom is 0.225 e. The molecule has 24 heavy (non-hydrogen) atoms. The quantitative estimate of drug-likeness (QED) is 0.852. The number of nitrogens with one attached hydrogen (secondary N) is 1. The molecule has 2 saturated carbocycles. The van der Waals surface area contributed by atoms with Crippen molar-refractivity contribution >= 4 is 16.0 Å². The van der Waals surface area contributed by atoms with E-state index in [4.69, 9.17) is 0 Å². The average Bonchev–Trinajstić information content (AvgIpc) is 3.40.